The van der Waals surface area contributed by atoms with Gasteiger partial charge in [0.15, 0.2) is 0 Å². The summed E-state index contributed by atoms with van der Waals surface area (Å²) in [5, 5.41) is 0. The number of rotatable bonds is 0. The minimum absolute atomic E-state index is 0. The van der Waals surface area contributed by atoms with Crippen molar-refractivity contribution in [2.75, 3.05) is 42.0 Å². The second-order valence-electron chi connectivity index (χ2n) is 1.75. The summed E-state index contributed by atoms with van der Waals surface area (Å²) in [6, 6.07) is 0. The van der Waals surface area contributed by atoms with Crippen LogP contribution in [0.2, 0.25) is 0 Å². The van der Waals surface area contributed by atoms with Crippen molar-refractivity contribution in [1.82, 2.24) is 4.90 Å². The van der Waals surface area contributed by atoms with E-state index in [2.05, 4.69) is 14.0 Å². The molecule has 12 heavy (non-hydrogen) atoms. The van der Waals surface area contributed by atoms with Crippen LogP contribution in [0.3, 0.4) is 0 Å². The zero-order chi connectivity index (χ0) is 10.3. The number of ether oxygens (including phenoxy) is 1. The molecule has 0 amide bonds. The van der Waals surface area contributed by atoms with Crippen LogP contribution in [-0.4, -0.2) is 46.9 Å². The Morgan fingerprint density at radius 2 is 0.917 bits per heavy atom. The van der Waals surface area contributed by atoms with Crippen LogP contribution < -0.4 is 0 Å². The first kappa shape index (κ1) is 29.4. The highest BCUT2D eigenvalue weighted by Gasteiger charge is 1.58. The van der Waals surface area contributed by atoms with Crippen LogP contribution in [0.1, 0.15) is 21.3 Å². The van der Waals surface area contributed by atoms with E-state index in [9.17, 15) is 0 Å². The first-order valence-corrected chi connectivity index (χ1v) is 4.89. The molecular formula is C9H30NOP. The molecule has 0 aromatic carbocycles. The zero-order valence-electron chi connectivity index (χ0n) is 9.43. The molecule has 0 aromatic heterocycles. The Bertz CT molecular complexity index is 25.7. The van der Waals surface area contributed by atoms with Gasteiger partial charge in [0, 0.05) is 14.2 Å². The fraction of sp³-hybridized carbons (Fsp3) is 1.00. The van der Waals surface area contributed by atoms with Crippen molar-refractivity contribution in [2.45, 2.75) is 21.3 Å². The lowest BCUT2D eigenvalue weighted by atomic mass is 11.0. The highest BCUT2D eigenvalue weighted by molar-refractivity contribution is 7.15. The highest BCUT2D eigenvalue weighted by atomic mass is 31.0. The predicted octanol–water partition coefficient (Wildman–Crippen LogP) is 2.59. The van der Waals surface area contributed by atoms with E-state index in [0.717, 1.165) is 0 Å². The zero-order valence-corrected chi connectivity index (χ0v) is 10.6. The summed E-state index contributed by atoms with van der Waals surface area (Å²) in [4.78, 5) is 2.00. The third-order valence-corrected chi connectivity index (χ3v) is 0. The predicted molar refractivity (Wildman–Crippen MR) is 66.3 cm³/mol. The van der Waals surface area contributed by atoms with Crippen molar-refractivity contribution >= 4 is 9.24 Å². The molecule has 1 unspecified atom stereocenters. The standard InChI is InChI=1S/C3H9N.C2H6O.C2H6.CH5P.CH4/c1-4(2)3;1-3-2;2*1-2;/h1-3H3;1-2H3;1-2H3;2H2,1H3;1H4. The average Bonchev–Trinajstić information content (AvgIpc) is 1.96. The van der Waals surface area contributed by atoms with Gasteiger partial charge in [-0.05, 0) is 21.1 Å². The first-order valence-electron chi connectivity index (χ1n) is 3.74. The van der Waals surface area contributed by atoms with E-state index in [1.807, 2.05) is 46.6 Å². The summed E-state index contributed by atoms with van der Waals surface area (Å²) in [5.41, 5.74) is 0. The van der Waals surface area contributed by atoms with E-state index in [0.29, 0.717) is 0 Å². The van der Waals surface area contributed by atoms with Crippen LogP contribution in [0.5, 0.6) is 0 Å². The topological polar surface area (TPSA) is 12.5 Å². The minimum atomic E-state index is 0. The van der Waals surface area contributed by atoms with Gasteiger partial charge in [-0.15, -0.1) is 9.24 Å². The largest absolute Gasteiger partial charge is 0.388 e. The molecule has 3 heteroatoms. The maximum absolute atomic E-state index is 4.25. The van der Waals surface area contributed by atoms with E-state index in [4.69, 9.17) is 0 Å². The number of methoxy groups -OCH3 is 1. The van der Waals surface area contributed by atoms with Gasteiger partial charge in [0.1, 0.15) is 0 Å². The molecule has 0 spiro atoms. The third kappa shape index (κ3) is 7390. The highest BCUT2D eigenvalue weighted by Crippen LogP contribution is 1.47. The smallest absolute Gasteiger partial charge is 0.0351 e. The second kappa shape index (κ2) is 64.3. The molecule has 2 nitrogen and oxygen atoms in total. The number of hydrogen-bond acceptors (Lipinski definition) is 2. The number of nitrogens with zero attached hydrogens (tertiary/aromatic N) is 1. The van der Waals surface area contributed by atoms with Gasteiger partial charge in [0.25, 0.3) is 0 Å². The van der Waals surface area contributed by atoms with E-state index >= 15 is 0 Å². The molecule has 0 N–H and O–H groups in total. The van der Waals surface area contributed by atoms with Crippen molar-refractivity contribution in [3.05, 3.63) is 0 Å². The van der Waals surface area contributed by atoms with Gasteiger partial charge >= 0.3 is 0 Å². The van der Waals surface area contributed by atoms with Crippen molar-refractivity contribution in [3.8, 4) is 0 Å². The molecular weight excluding hydrogens is 169 g/mol. The van der Waals surface area contributed by atoms with Crippen molar-refractivity contribution < 1.29 is 4.74 Å². The summed E-state index contributed by atoms with van der Waals surface area (Å²) in [7, 11) is 11.7. The van der Waals surface area contributed by atoms with E-state index in [1.54, 1.807) is 14.2 Å². The van der Waals surface area contributed by atoms with Gasteiger partial charge in [-0.3, -0.25) is 0 Å². The van der Waals surface area contributed by atoms with Gasteiger partial charge in [0.2, 0.25) is 0 Å². The summed E-state index contributed by atoms with van der Waals surface area (Å²) in [6.07, 6.45) is 0. The van der Waals surface area contributed by atoms with Gasteiger partial charge in [-0.25, -0.2) is 0 Å². The maximum Gasteiger partial charge on any atom is 0.0351 e. The number of hydrogen-bond donors (Lipinski definition) is 0. The second-order valence-corrected chi connectivity index (χ2v) is 1.75. The summed E-state index contributed by atoms with van der Waals surface area (Å²) in [5.74, 6) is 0. The molecule has 0 bridgehead atoms. The average molecular weight is 199 g/mol. The van der Waals surface area contributed by atoms with Gasteiger partial charge < -0.3 is 9.64 Å². The molecule has 0 fully saturated rings. The third-order valence-electron chi connectivity index (χ3n) is 0. The SMILES string of the molecule is C.CC.CN(C)C.COC.CP. The Balaban J connectivity index is -0.0000000186. The van der Waals surface area contributed by atoms with E-state index in [-0.39, 0.29) is 7.43 Å². The molecule has 0 radical (unpaired) electrons. The molecule has 1 atom stereocenters. The van der Waals surface area contributed by atoms with Crippen molar-refractivity contribution in [1.29, 1.82) is 0 Å². The monoisotopic (exact) mass is 199 g/mol. The normalized spacial score (nSPS) is 5.50. The molecule has 0 saturated carbocycles. The Morgan fingerprint density at radius 3 is 0.917 bits per heavy atom. The molecule has 0 aliphatic carbocycles. The van der Waals surface area contributed by atoms with Crippen LogP contribution in [0.25, 0.3) is 0 Å². The summed E-state index contributed by atoms with van der Waals surface area (Å²) < 4.78 is 4.25. The quantitative estimate of drug-likeness (QED) is 0.556. The van der Waals surface area contributed by atoms with Crippen LogP contribution in [0, 0.1) is 0 Å². The van der Waals surface area contributed by atoms with E-state index < -0.39 is 0 Å². The van der Waals surface area contributed by atoms with Crippen molar-refractivity contribution in [2.24, 2.45) is 0 Å². The van der Waals surface area contributed by atoms with Crippen LogP contribution >= 0.6 is 9.24 Å². The van der Waals surface area contributed by atoms with Crippen LogP contribution in [0.15, 0.2) is 0 Å². The molecule has 82 valence electrons. The molecule has 0 rings (SSSR count). The molecule has 0 aromatic rings. The lowest BCUT2D eigenvalue weighted by Gasteiger charge is -1.90. The van der Waals surface area contributed by atoms with E-state index in [1.165, 1.54) is 0 Å². The molecule has 0 heterocycles. The molecule has 0 aliphatic heterocycles. The minimum Gasteiger partial charge on any atom is -0.388 e. The van der Waals surface area contributed by atoms with Gasteiger partial charge in [-0.2, -0.15) is 0 Å². The Hall–Kier alpha value is 0.350. The first-order chi connectivity index (χ1) is 5.15. The van der Waals surface area contributed by atoms with Gasteiger partial charge in [-0.1, -0.05) is 27.9 Å². The van der Waals surface area contributed by atoms with Crippen LogP contribution in [-0.2, 0) is 4.74 Å². The Labute approximate surface area is 82.9 Å². The van der Waals surface area contributed by atoms with Gasteiger partial charge in [0.05, 0.1) is 0 Å². The maximum atomic E-state index is 4.25. The molecule has 0 aliphatic rings. The molecule has 0 saturated heterocycles. The lowest BCUT2D eigenvalue weighted by Crippen LogP contribution is -1.99. The fourth-order valence-corrected chi connectivity index (χ4v) is 0. The summed E-state index contributed by atoms with van der Waals surface area (Å²) in [6.45, 7) is 5.92. The Kier molecular flexibility index (Phi) is 158. The fourth-order valence-electron chi connectivity index (χ4n) is 0. The Morgan fingerprint density at radius 1 is 0.917 bits per heavy atom. The summed E-state index contributed by atoms with van der Waals surface area (Å²) >= 11 is 0. The lowest BCUT2D eigenvalue weighted by molar-refractivity contribution is 0.277. The van der Waals surface area contributed by atoms with Crippen LogP contribution in [0.4, 0.5) is 0 Å². The van der Waals surface area contributed by atoms with Crippen molar-refractivity contribution in [3.63, 3.8) is 0 Å².